The molecule has 3 heteroatoms. The molecule has 2 aromatic heterocycles. The van der Waals surface area contributed by atoms with Crippen LogP contribution in [0, 0.1) is 37.3 Å². The topological polar surface area (TPSA) is 26.0 Å². The number of hydrogen-bond donors (Lipinski definition) is 0. The van der Waals surface area contributed by atoms with E-state index in [-0.39, 0.29) is 36.6 Å². The van der Waals surface area contributed by atoms with E-state index in [9.17, 15) is 0 Å². The van der Waals surface area contributed by atoms with Gasteiger partial charge in [-0.1, -0.05) is 151 Å². The Bertz CT molecular complexity index is 3190. The minimum atomic E-state index is -2.47. The van der Waals surface area contributed by atoms with E-state index < -0.39 is 25.5 Å². The zero-order valence-corrected chi connectivity index (χ0v) is 35.3. The molecule has 0 unspecified atom stereocenters. The average molecular weight is 927 g/mol. The molecule has 284 valence electrons. The summed E-state index contributed by atoms with van der Waals surface area (Å²) in [6, 6.07) is 50.0. The molecule has 0 atom stereocenters. The first-order valence-electron chi connectivity index (χ1n) is 22.9. The minimum Gasteiger partial charge on any atom is -0.510 e. The van der Waals surface area contributed by atoms with E-state index in [0.29, 0.717) is 27.8 Å². The Morgan fingerprint density at radius 1 is 0.649 bits per heavy atom. The van der Waals surface area contributed by atoms with Crippen LogP contribution in [0.1, 0.15) is 74.8 Å². The van der Waals surface area contributed by atoms with Gasteiger partial charge in [0.2, 0.25) is 0 Å². The maximum Gasteiger partial charge on any atom is 3.00 e. The number of fused-ring (bicyclic) bond motifs is 7. The van der Waals surface area contributed by atoms with Crippen LogP contribution in [0.5, 0.6) is 0 Å². The first-order chi connectivity index (χ1) is 30.0. The molecule has 0 spiro atoms. The quantitative estimate of drug-likeness (QED) is 0.130. The molecule has 0 N–H and O–H groups in total. The van der Waals surface area contributed by atoms with Crippen molar-refractivity contribution in [3.8, 4) is 33.5 Å². The van der Waals surface area contributed by atoms with Crippen molar-refractivity contribution < 1.29 is 35.5 Å². The van der Waals surface area contributed by atoms with Crippen LogP contribution >= 0.6 is 0 Å². The van der Waals surface area contributed by atoms with Crippen molar-refractivity contribution in [1.29, 1.82) is 0 Å². The summed E-state index contributed by atoms with van der Waals surface area (Å²) in [6.45, 7) is 7.12. The number of aromatic nitrogens is 1. The van der Waals surface area contributed by atoms with Crippen LogP contribution in [-0.4, -0.2) is 4.98 Å². The van der Waals surface area contributed by atoms with Gasteiger partial charge in [0.1, 0.15) is 5.58 Å². The fourth-order valence-corrected chi connectivity index (χ4v) is 7.17. The zero-order valence-electron chi connectivity index (χ0n) is 40.9. The molecule has 0 saturated carbocycles. The SMILES string of the molecule is [2H]C([2H])([2H])c1c[c-]c(-c2[c-]ccc3c2oc2c3ccc3c4ccccc4ccc32)cc1C([2H])([2H])C(C)(C)C.[2H]C([2H])([2H])c1c[c-]c(-c2cc(C(C)(C)C)ccn2)cc1-c1ccccc1.[Ir+3]. The second-order valence-electron chi connectivity index (χ2n) is 16.3. The van der Waals surface area contributed by atoms with E-state index >= 15 is 0 Å². The average Bonchev–Trinajstić information content (AvgIpc) is 3.65. The van der Waals surface area contributed by atoms with Gasteiger partial charge in [0.15, 0.2) is 0 Å². The van der Waals surface area contributed by atoms with Crippen LogP contribution in [0.25, 0.3) is 77.0 Å². The van der Waals surface area contributed by atoms with Crippen LogP contribution in [0.15, 0.2) is 138 Å². The molecule has 9 rings (SSSR count). The Kier molecular flexibility index (Phi) is 8.57. The zero-order chi connectivity index (χ0) is 46.0. The van der Waals surface area contributed by atoms with Crippen LogP contribution < -0.4 is 0 Å². The summed E-state index contributed by atoms with van der Waals surface area (Å²) < 4.78 is 71.9. The van der Waals surface area contributed by atoms with E-state index in [1.165, 1.54) is 11.6 Å². The standard InChI is InChI=1S/C32H26O.C22H22N.Ir/c1-20-12-13-22(18-23(20)19-32(2,3)4)25-10-7-11-27-29-17-16-26-24-9-6-5-8-21(24)14-15-28(26)31(29)33-30(25)27;1-16-10-11-18(14-20(16)17-8-6-5-7-9-17)21-15-19(12-13-23-21)22(2,3)4;/h5-9,11-12,14-18H,19H2,1-4H3;5-10,12-15H,1-4H3;/q-2;-1;+3/i1D3,19D2;1D3;. The maximum absolute atomic E-state index is 8.87. The Morgan fingerprint density at radius 3 is 2.11 bits per heavy atom. The van der Waals surface area contributed by atoms with Crippen molar-refractivity contribution >= 4 is 43.5 Å². The molecule has 9 aromatic rings. The first kappa shape index (κ1) is 30.8. The molecule has 0 radical (unpaired) electrons. The molecule has 57 heavy (non-hydrogen) atoms. The number of hydrogen-bond acceptors (Lipinski definition) is 2. The van der Waals surface area contributed by atoms with Gasteiger partial charge in [0.05, 0.1) is 0 Å². The molecule has 0 bridgehead atoms. The van der Waals surface area contributed by atoms with Gasteiger partial charge < -0.3 is 9.40 Å². The minimum absolute atomic E-state index is 0. The molecule has 0 fully saturated rings. The van der Waals surface area contributed by atoms with Crippen molar-refractivity contribution in [2.24, 2.45) is 5.41 Å². The van der Waals surface area contributed by atoms with Crippen molar-refractivity contribution in [2.75, 3.05) is 0 Å². The van der Waals surface area contributed by atoms with Crippen molar-refractivity contribution in [1.82, 2.24) is 4.98 Å². The fraction of sp³-hybridized carbons (Fsp3) is 0.204. The van der Waals surface area contributed by atoms with E-state index in [2.05, 4.69) is 86.4 Å². The third kappa shape index (κ3) is 8.24. The largest absolute Gasteiger partial charge is 3.00 e. The van der Waals surface area contributed by atoms with E-state index in [1.54, 1.807) is 39.1 Å². The first-order valence-corrected chi connectivity index (χ1v) is 18.9. The van der Waals surface area contributed by atoms with Gasteiger partial charge in [0, 0.05) is 33.5 Å². The molecular weight excluding hydrogens is 871 g/mol. The summed E-state index contributed by atoms with van der Waals surface area (Å²) in [5.41, 5.74) is 6.48. The third-order valence-corrected chi connectivity index (χ3v) is 9.99. The van der Waals surface area contributed by atoms with Gasteiger partial charge in [-0.15, -0.1) is 46.5 Å². The molecule has 0 saturated heterocycles. The predicted octanol–water partition coefficient (Wildman–Crippen LogP) is 14.9. The summed E-state index contributed by atoms with van der Waals surface area (Å²) in [7, 11) is 0. The monoisotopic (exact) mass is 927 g/mol. The summed E-state index contributed by atoms with van der Waals surface area (Å²) in [6.07, 6.45) is -0.108. The van der Waals surface area contributed by atoms with E-state index in [1.807, 2.05) is 66.7 Å². The van der Waals surface area contributed by atoms with Gasteiger partial charge in [-0.05, 0) is 56.2 Å². The second kappa shape index (κ2) is 15.9. The molecule has 7 aromatic carbocycles. The van der Waals surface area contributed by atoms with Crippen LogP contribution in [-0.2, 0) is 31.9 Å². The summed E-state index contributed by atoms with van der Waals surface area (Å²) in [4.78, 5) is 4.48. The smallest absolute Gasteiger partial charge is 0.510 e. The summed E-state index contributed by atoms with van der Waals surface area (Å²) in [5, 5.41) is 6.32. The van der Waals surface area contributed by atoms with Gasteiger partial charge in [-0.3, -0.25) is 0 Å². The number of furan rings is 1. The molecule has 0 aliphatic carbocycles. The summed E-state index contributed by atoms with van der Waals surface area (Å²) >= 11 is 0. The van der Waals surface area contributed by atoms with E-state index in [4.69, 9.17) is 15.4 Å². The number of rotatable bonds is 4. The molecule has 2 nitrogen and oxygen atoms in total. The number of nitrogens with zero attached hydrogens (tertiary/aromatic N) is 1. The van der Waals surface area contributed by atoms with Gasteiger partial charge in [-0.2, -0.15) is 35.9 Å². The molecule has 0 aliphatic heterocycles. The Hall–Kier alpha value is -5.34. The molecule has 0 amide bonds. The second-order valence-corrected chi connectivity index (χ2v) is 16.3. The normalized spacial score (nSPS) is 14.6. The Morgan fingerprint density at radius 2 is 1.33 bits per heavy atom. The fourth-order valence-electron chi connectivity index (χ4n) is 7.17. The summed E-state index contributed by atoms with van der Waals surface area (Å²) in [5.74, 6) is 0. The van der Waals surface area contributed by atoms with Crippen LogP contribution in [0.4, 0.5) is 0 Å². The predicted molar refractivity (Wildman–Crippen MR) is 237 cm³/mol. The van der Waals surface area contributed by atoms with E-state index in [0.717, 1.165) is 54.7 Å². The third-order valence-electron chi connectivity index (χ3n) is 9.99. The van der Waals surface area contributed by atoms with Crippen LogP contribution in [0.3, 0.4) is 0 Å². The van der Waals surface area contributed by atoms with Gasteiger partial charge >= 0.3 is 20.1 Å². The maximum atomic E-state index is 8.87. The number of pyridine rings is 1. The van der Waals surface area contributed by atoms with Gasteiger partial charge in [-0.25, -0.2) is 5.56 Å². The number of aryl methyl sites for hydroxylation is 2. The molecule has 0 aliphatic rings. The number of benzene rings is 7. The Labute approximate surface area is 362 Å². The van der Waals surface area contributed by atoms with Crippen molar-refractivity contribution in [2.45, 2.75) is 67.0 Å². The van der Waals surface area contributed by atoms with Crippen molar-refractivity contribution in [3.05, 3.63) is 174 Å². The van der Waals surface area contributed by atoms with Crippen LogP contribution in [0.2, 0.25) is 0 Å². The molecule has 2 heterocycles. The Balaban J connectivity index is 0.000000205. The van der Waals surface area contributed by atoms with Gasteiger partial charge in [0.25, 0.3) is 0 Å². The molecular formula is C54H48IrNO. The van der Waals surface area contributed by atoms with Crippen molar-refractivity contribution in [3.63, 3.8) is 0 Å².